The molecule has 1 aliphatic carbocycles. The van der Waals surface area contributed by atoms with Crippen LogP contribution >= 0.6 is 15.9 Å². The lowest BCUT2D eigenvalue weighted by Crippen LogP contribution is -2.37. The Morgan fingerprint density at radius 3 is 2.57 bits per heavy atom. The lowest BCUT2D eigenvalue weighted by atomic mass is 9.98. The van der Waals surface area contributed by atoms with Gasteiger partial charge in [-0.3, -0.25) is 0 Å². The number of halogens is 2. The molecule has 1 saturated carbocycles. The number of rotatable bonds is 4. The van der Waals surface area contributed by atoms with E-state index in [0.29, 0.717) is 10.4 Å². The molecule has 0 aliphatic heterocycles. The zero-order valence-corrected chi connectivity index (χ0v) is 14.5. The van der Waals surface area contributed by atoms with Gasteiger partial charge in [0.15, 0.2) is 0 Å². The molecule has 1 fully saturated rings. The molecule has 4 nitrogen and oxygen atoms in total. The van der Waals surface area contributed by atoms with Crippen LogP contribution in [0.15, 0.2) is 21.5 Å². The predicted octanol–water partition coefficient (Wildman–Crippen LogP) is 2.76. The summed E-state index contributed by atoms with van der Waals surface area (Å²) in [7, 11) is -3.90. The van der Waals surface area contributed by atoms with Crippen LogP contribution in [0.2, 0.25) is 0 Å². The second kappa shape index (κ2) is 6.32. The van der Waals surface area contributed by atoms with Crippen LogP contribution < -0.4 is 10.5 Å². The first-order chi connectivity index (χ1) is 9.76. The number of hydrogen-bond donors (Lipinski definition) is 2. The van der Waals surface area contributed by atoms with Crippen LogP contribution in [0.1, 0.15) is 32.3 Å². The van der Waals surface area contributed by atoms with Crippen LogP contribution in [-0.2, 0) is 16.6 Å². The molecular formula is C14H20BrFN2O2S. The highest BCUT2D eigenvalue weighted by molar-refractivity contribution is 9.10. The quantitative estimate of drug-likeness (QED) is 0.845. The van der Waals surface area contributed by atoms with Gasteiger partial charge in [0, 0.05) is 22.6 Å². The Labute approximate surface area is 133 Å². The van der Waals surface area contributed by atoms with Gasteiger partial charge in [-0.2, -0.15) is 0 Å². The van der Waals surface area contributed by atoms with Gasteiger partial charge in [-0.25, -0.2) is 17.5 Å². The molecule has 0 spiro atoms. The van der Waals surface area contributed by atoms with Crippen molar-refractivity contribution in [3.63, 3.8) is 0 Å². The van der Waals surface area contributed by atoms with Gasteiger partial charge < -0.3 is 5.73 Å². The molecule has 3 unspecified atom stereocenters. The lowest BCUT2D eigenvalue weighted by Gasteiger charge is -2.20. The minimum atomic E-state index is -3.90. The van der Waals surface area contributed by atoms with E-state index in [1.165, 1.54) is 12.1 Å². The van der Waals surface area contributed by atoms with Crippen LogP contribution in [0.5, 0.6) is 0 Å². The third-order valence-electron chi connectivity index (χ3n) is 4.36. The Bertz CT molecular complexity index is 636. The van der Waals surface area contributed by atoms with Crippen LogP contribution in [-0.4, -0.2) is 14.5 Å². The number of sulfonamides is 1. The summed E-state index contributed by atoms with van der Waals surface area (Å²) < 4.78 is 42.4. The summed E-state index contributed by atoms with van der Waals surface area (Å²) in [6, 6.07) is 2.62. The second-order valence-corrected chi connectivity index (χ2v) is 8.32. The third kappa shape index (κ3) is 3.47. The molecule has 0 aromatic heterocycles. The summed E-state index contributed by atoms with van der Waals surface area (Å²) in [6.45, 7) is 4.07. The van der Waals surface area contributed by atoms with E-state index < -0.39 is 15.8 Å². The molecule has 1 aromatic carbocycles. The maximum absolute atomic E-state index is 14.3. The average molecular weight is 379 g/mol. The Kier molecular flexibility index (Phi) is 5.07. The summed E-state index contributed by atoms with van der Waals surface area (Å²) >= 11 is 3.20. The minimum absolute atomic E-state index is 0.0509. The second-order valence-electron chi connectivity index (χ2n) is 5.72. The van der Waals surface area contributed by atoms with E-state index in [1.54, 1.807) is 0 Å². The van der Waals surface area contributed by atoms with Crippen molar-refractivity contribution in [1.29, 1.82) is 0 Å². The Morgan fingerprint density at radius 2 is 2.05 bits per heavy atom. The van der Waals surface area contributed by atoms with Crippen molar-refractivity contribution >= 4 is 26.0 Å². The van der Waals surface area contributed by atoms with E-state index in [9.17, 15) is 12.8 Å². The molecule has 2 rings (SSSR count). The molecule has 3 atom stereocenters. The maximum atomic E-state index is 14.3. The molecule has 3 N–H and O–H groups in total. The van der Waals surface area contributed by atoms with Crippen molar-refractivity contribution in [3.05, 3.63) is 28.0 Å². The van der Waals surface area contributed by atoms with Crippen LogP contribution in [0.25, 0.3) is 0 Å². The average Bonchev–Trinajstić information content (AvgIpc) is 2.72. The molecule has 0 bridgehead atoms. The molecular weight excluding hydrogens is 359 g/mol. The zero-order chi connectivity index (χ0) is 15.8. The summed E-state index contributed by atoms with van der Waals surface area (Å²) in [6.07, 6.45) is 1.75. The Balaban J connectivity index is 2.34. The SMILES string of the molecule is CC1CCC(NS(=O)(=O)c2cc(Br)cc(CN)c2F)C1C. The topological polar surface area (TPSA) is 72.2 Å². The van der Waals surface area contributed by atoms with E-state index in [-0.39, 0.29) is 29.0 Å². The highest BCUT2D eigenvalue weighted by Gasteiger charge is 2.34. The van der Waals surface area contributed by atoms with Crippen molar-refractivity contribution in [1.82, 2.24) is 4.72 Å². The van der Waals surface area contributed by atoms with Crippen molar-refractivity contribution in [3.8, 4) is 0 Å². The minimum Gasteiger partial charge on any atom is -0.326 e. The molecule has 118 valence electrons. The lowest BCUT2D eigenvalue weighted by molar-refractivity contribution is 0.401. The first kappa shape index (κ1) is 16.9. The van der Waals surface area contributed by atoms with E-state index >= 15 is 0 Å². The fourth-order valence-electron chi connectivity index (χ4n) is 2.76. The van der Waals surface area contributed by atoms with Crippen molar-refractivity contribution in [2.24, 2.45) is 17.6 Å². The van der Waals surface area contributed by atoms with Crippen LogP contribution in [0.3, 0.4) is 0 Å². The summed E-state index contributed by atoms with van der Waals surface area (Å²) in [5.41, 5.74) is 5.64. The van der Waals surface area contributed by atoms with Gasteiger partial charge in [0.25, 0.3) is 0 Å². The highest BCUT2D eigenvalue weighted by Crippen LogP contribution is 2.32. The first-order valence-corrected chi connectivity index (χ1v) is 9.24. The largest absolute Gasteiger partial charge is 0.326 e. The number of benzene rings is 1. The molecule has 0 amide bonds. The fourth-order valence-corrected chi connectivity index (χ4v) is 4.92. The molecule has 1 aromatic rings. The van der Waals surface area contributed by atoms with Gasteiger partial charge in [0.05, 0.1) is 0 Å². The van der Waals surface area contributed by atoms with Gasteiger partial charge in [0.1, 0.15) is 10.7 Å². The van der Waals surface area contributed by atoms with E-state index in [2.05, 4.69) is 27.6 Å². The number of nitrogens with two attached hydrogens (primary N) is 1. The van der Waals surface area contributed by atoms with Gasteiger partial charge in [-0.15, -0.1) is 0 Å². The zero-order valence-electron chi connectivity index (χ0n) is 12.1. The van der Waals surface area contributed by atoms with E-state index in [4.69, 9.17) is 5.73 Å². The van der Waals surface area contributed by atoms with E-state index in [0.717, 1.165) is 12.8 Å². The predicted molar refractivity (Wildman–Crippen MR) is 83.7 cm³/mol. The Morgan fingerprint density at radius 1 is 1.38 bits per heavy atom. The summed E-state index contributed by atoms with van der Waals surface area (Å²) in [5, 5.41) is 0. The van der Waals surface area contributed by atoms with Gasteiger partial charge in [-0.1, -0.05) is 29.8 Å². The molecule has 1 aliphatic rings. The third-order valence-corrected chi connectivity index (χ3v) is 6.31. The molecule has 0 heterocycles. The smallest absolute Gasteiger partial charge is 0.243 e. The fraction of sp³-hybridized carbons (Fsp3) is 0.571. The van der Waals surface area contributed by atoms with Crippen molar-refractivity contribution < 1.29 is 12.8 Å². The van der Waals surface area contributed by atoms with Crippen LogP contribution in [0.4, 0.5) is 4.39 Å². The monoisotopic (exact) mass is 378 g/mol. The number of nitrogens with one attached hydrogen (secondary N) is 1. The van der Waals surface area contributed by atoms with Gasteiger partial charge in [-0.05, 0) is 36.8 Å². The molecule has 0 radical (unpaired) electrons. The Hall–Kier alpha value is -0.500. The van der Waals surface area contributed by atoms with Crippen molar-refractivity contribution in [2.45, 2.75) is 44.2 Å². The van der Waals surface area contributed by atoms with Gasteiger partial charge >= 0.3 is 0 Å². The molecule has 7 heteroatoms. The standard InChI is InChI=1S/C14H20BrFN2O2S/c1-8-3-4-12(9(8)2)18-21(19,20)13-6-11(15)5-10(7-17)14(13)16/h5-6,8-9,12,18H,3-4,7,17H2,1-2H3. The number of hydrogen-bond acceptors (Lipinski definition) is 3. The van der Waals surface area contributed by atoms with Crippen LogP contribution in [0, 0.1) is 17.7 Å². The summed E-state index contributed by atoms with van der Waals surface area (Å²) in [5.74, 6) is -0.0690. The highest BCUT2D eigenvalue weighted by atomic mass is 79.9. The van der Waals surface area contributed by atoms with Gasteiger partial charge in [0.2, 0.25) is 10.0 Å². The van der Waals surface area contributed by atoms with E-state index in [1.807, 2.05) is 6.92 Å². The molecule has 0 saturated heterocycles. The molecule has 21 heavy (non-hydrogen) atoms. The maximum Gasteiger partial charge on any atom is 0.243 e. The normalized spacial score (nSPS) is 26.2. The summed E-state index contributed by atoms with van der Waals surface area (Å²) in [4.78, 5) is -0.343. The first-order valence-electron chi connectivity index (χ1n) is 6.96. The van der Waals surface area contributed by atoms with Crippen molar-refractivity contribution in [2.75, 3.05) is 0 Å².